The Balaban J connectivity index is 2.89. The predicted molar refractivity (Wildman–Crippen MR) is 65.2 cm³/mol. The van der Waals surface area contributed by atoms with Crippen LogP contribution < -0.4 is 11.1 Å². The van der Waals surface area contributed by atoms with Gasteiger partial charge in [0.1, 0.15) is 11.8 Å². The van der Waals surface area contributed by atoms with Gasteiger partial charge in [-0.15, -0.1) is 0 Å². The molecule has 0 heterocycles. The highest BCUT2D eigenvalue weighted by molar-refractivity contribution is 6.33. The van der Waals surface area contributed by atoms with Gasteiger partial charge in [-0.05, 0) is 6.07 Å². The molecule has 1 unspecified atom stereocenters. The molecule has 0 aliphatic carbocycles. The first kappa shape index (κ1) is 14.5. The Bertz CT molecular complexity index is 454. The van der Waals surface area contributed by atoms with Crippen molar-refractivity contribution in [3.8, 4) is 0 Å². The molecule has 0 aliphatic rings. The summed E-state index contributed by atoms with van der Waals surface area (Å²) in [4.78, 5) is 9.98. The number of nitrogens with zero attached hydrogens (tertiary/aromatic N) is 1. The van der Waals surface area contributed by atoms with Gasteiger partial charge < -0.3 is 26.4 Å². The third-order valence-corrected chi connectivity index (χ3v) is 2.47. The molecule has 1 rings (SSSR count). The average Bonchev–Trinajstić information content (AvgIpc) is 2.26. The van der Waals surface area contributed by atoms with Crippen molar-refractivity contribution >= 4 is 28.7 Å². The lowest BCUT2D eigenvalue weighted by Gasteiger charge is -2.15. The monoisotopic (exact) mass is 277 g/mol. The molecule has 0 saturated heterocycles. The summed E-state index contributed by atoms with van der Waals surface area (Å²) in [5, 5.41) is 39.8. The van der Waals surface area contributed by atoms with Crippen molar-refractivity contribution in [2.75, 3.05) is 17.6 Å². The normalized spacial score (nSPS) is 12.5. The quantitative estimate of drug-likeness (QED) is 0.219. The molecule has 1 aromatic carbocycles. The molecule has 100 valence electrons. The van der Waals surface area contributed by atoms with Crippen LogP contribution in [0.1, 0.15) is 0 Å². The fraction of sp³-hybridized carbons (Fsp3) is 0.333. The second-order valence-electron chi connectivity index (χ2n) is 3.51. The van der Waals surface area contributed by atoms with Crippen LogP contribution in [-0.4, -0.2) is 39.2 Å². The Labute approximate surface area is 107 Å². The van der Waals surface area contributed by atoms with Gasteiger partial charge in [0.25, 0.3) is 5.69 Å². The molecule has 0 radical (unpaired) electrons. The number of hydrogen-bond acceptors (Lipinski definition) is 7. The summed E-state index contributed by atoms with van der Waals surface area (Å²) in [5.41, 5.74) is 5.16. The van der Waals surface area contributed by atoms with Crippen LogP contribution in [0.3, 0.4) is 0 Å². The van der Waals surface area contributed by atoms with Crippen molar-refractivity contribution in [2.45, 2.75) is 12.4 Å². The number of nitrogens with one attached hydrogen (secondary N) is 1. The number of benzene rings is 1. The minimum atomic E-state index is -1.92. The highest BCUT2D eigenvalue weighted by Crippen LogP contribution is 2.32. The molecule has 0 aromatic heterocycles. The zero-order chi connectivity index (χ0) is 13.9. The molecule has 6 N–H and O–H groups in total. The number of nitrogen functional groups attached to an aromatic ring is 1. The third kappa shape index (κ3) is 3.44. The largest absolute Gasteiger partial charge is 0.393 e. The summed E-state index contributed by atoms with van der Waals surface area (Å²) < 4.78 is 0. The molecule has 18 heavy (non-hydrogen) atoms. The molecule has 0 bridgehead atoms. The smallest absolute Gasteiger partial charge is 0.294 e. The second kappa shape index (κ2) is 5.83. The average molecular weight is 278 g/mol. The number of nitrogens with two attached hydrogens (primary N) is 1. The summed E-state index contributed by atoms with van der Waals surface area (Å²) in [5.74, 6) is 0. The standard InChI is InChI=1S/C9H12ClN3O5/c10-4-1-5(11)7(13(17)18)2-6(4)12-3-8(14)9(15)16/h1-2,8-9,12,14-16H,3,11H2. The molecular formula is C9H12ClN3O5. The van der Waals surface area contributed by atoms with Crippen LogP contribution in [0.15, 0.2) is 12.1 Å². The summed E-state index contributed by atoms with van der Waals surface area (Å²) in [6, 6.07) is 2.30. The summed E-state index contributed by atoms with van der Waals surface area (Å²) >= 11 is 5.80. The molecule has 0 amide bonds. The maximum absolute atomic E-state index is 10.7. The Morgan fingerprint density at radius 1 is 1.44 bits per heavy atom. The van der Waals surface area contributed by atoms with Crippen LogP contribution in [0.2, 0.25) is 5.02 Å². The Morgan fingerprint density at radius 3 is 2.56 bits per heavy atom. The number of nitro benzene ring substituents is 1. The Hall–Kier alpha value is -1.61. The van der Waals surface area contributed by atoms with E-state index in [9.17, 15) is 10.1 Å². The fourth-order valence-corrected chi connectivity index (χ4v) is 1.43. The summed E-state index contributed by atoms with van der Waals surface area (Å²) in [7, 11) is 0. The highest BCUT2D eigenvalue weighted by atomic mass is 35.5. The van der Waals surface area contributed by atoms with Crippen LogP contribution in [0.5, 0.6) is 0 Å². The molecule has 0 aliphatic heterocycles. The molecule has 0 spiro atoms. The highest BCUT2D eigenvalue weighted by Gasteiger charge is 2.17. The zero-order valence-electron chi connectivity index (χ0n) is 9.08. The van der Waals surface area contributed by atoms with Gasteiger partial charge in [0, 0.05) is 12.6 Å². The first-order valence-electron chi connectivity index (χ1n) is 4.84. The second-order valence-corrected chi connectivity index (χ2v) is 3.92. The van der Waals surface area contributed by atoms with Gasteiger partial charge in [0.2, 0.25) is 0 Å². The maximum Gasteiger partial charge on any atom is 0.294 e. The van der Waals surface area contributed by atoms with Gasteiger partial charge in [-0.25, -0.2) is 0 Å². The first-order valence-corrected chi connectivity index (χ1v) is 5.22. The molecule has 1 aromatic rings. The molecule has 1 atom stereocenters. The summed E-state index contributed by atoms with van der Waals surface area (Å²) in [6.45, 7) is -0.238. The van der Waals surface area contributed by atoms with Gasteiger partial charge in [-0.2, -0.15) is 0 Å². The van der Waals surface area contributed by atoms with E-state index in [1.54, 1.807) is 0 Å². The molecule has 8 nitrogen and oxygen atoms in total. The number of rotatable bonds is 5. The van der Waals surface area contributed by atoms with Gasteiger partial charge in [0.15, 0.2) is 6.29 Å². The Morgan fingerprint density at radius 2 is 2.06 bits per heavy atom. The van der Waals surface area contributed by atoms with Crippen LogP contribution in [-0.2, 0) is 0 Å². The minimum absolute atomic E-state index is 0.0849. The van der Waals surface area contributed by atoms with E-state index >= 15 is 0 Å². The fourth-order valence-electron chi connectivity index (χ4n) is 1.19. The Kier molecular flexibility index (Phi) is 4.68. The van der Waals surface area contributed by atoms with E-state index in [1.807, 2.05) is 0 Å². The molecule has 0 fully saturated rings. The van der Waals surface area contributed by atoms with Gasteiger partial charge in [-0.1, -0.05) is 11.6 Å². The number of anilines is 2. The van der Waals surface area contributed by atoms with Crippen LogP contribution >= 0.6 is 11.6 Å². The minimum Gasteiger partial charge on any atom is -0.393 e. The van der Waals surface area contributed by atoms with Crippen molar-refractivity contribution in [3.63, 3.8) is 0 Å². The number of hydrogen-bond donors (Lipinski definition) is 5. The van der Waals surface area contributed by atoms with Crippen molar-refractivity contribution in [2.24, 2.45) is 0 Å². The van der Waals surface area contributed by atoms with E-state index < -0.39 is 17.3 Å². The van der Waals surface area contributed by atoms with E-state index in [-0.39, 0.29) is 28.6 Å². The predicted octanol–water partition coefficient (Wildman–Crippen LogP) is -0.0861. The zero-order valence-corrected chi connectivity index (χ0v) is 9.83. The van der Waals surface area contributed by atoms with Crippen molar-refractivity contribution in [1.82, 2.24) is 0 Å². The van der Waals surface area contributed by atoms with E-state index in [0.717, 1.165) is 6.07 Å². The van der Waals surface area contributed by atoms with Gasteiger partial charge >= 0.3 is 0 Å². The maximum atomic E-state index is 10.7. The van der Waals surface area contributed by atoms with Gasteiger partial charge in [-0.3, -0.25) is 10.1 Å². The SMILES string of the molecule is Nc1cc(Cl)c(NCC(O)C(O)O)cc1[N+](=O)[O-]. The third-order valence-electron chi connectivity index (χ3n) is 2.16. The van der Waals surface area contributed by atoms with Crippen molar-refractivity contribution < 1.29 is 20.2 Å². The lowest BCUT2D eigenvalue weighted by Crippen LogP contribution is -2.32. The van der Waals surface area contributed by atoms with Crippen LogP contribution in [0, 0.1) is 10.1 Å². The molecule has 0 saturated carbocycles. The lowest BCUT2D eigenvalue weighted by molar-refractivity contribution is -0.383. The van der Waals surface area contributed by atoms with E-state index in [4.69, 9.17) is 32.7 Å². The van der Waals surface area contributed by atoms with Crippen molar-refractivity contribution in [3.05, 3.63) is 27.3 Å². The van der Waals surface area contributed by atoms with Gasteiger partial charge in [0.05, 0.1) is 15.6 Å². The number of nitro groups is 1. The topological polar surface area (TPSA) is 142 Å². The van der Waals surface area contributed by atoms with E-state index in [1.165, 1.54) is 6.07 Å². The van der Waals surface area contributed by atoms with Crippen molar-refractivity contribution in [1.29, 1.82) is 0 Å². The van der Waals surface area contributed by atoms with E-state index in [2.05, 4.69) is 5.32 Å². The molecule has 9 heteroatoms. The molecular weight excluding hydrogens is 266 g/mol. The first-order chi connectivity index (χ1) is 8.32. The van der Waals surface area contributed by atoms with E-state index in [0.29, 0.717) is 0 Å². The lowest BCUT2D eigenvalue weighted by atomic mass is 10.2. The van der Waals surface area contributed by atoms with Crippen LogP contribution in [0.25, 0.3) is 0 Å². The summed E-state index contributed by atoms with van der Waals surface area (Å²) in [6.07, 6.45) is -3.36. The number of aliphatic hydroxyl groups is 3. The van der Waals surface area contributed by atoms with Crippen LogP contribution in [0.4, 0.5) is 17.1 Å². The number of halogens is 1. The number of aliphatic hydroxyl groups excluding tert-OH is 2.